The zero-order valence-corrected chi connectivity index (χ0v) is 13.4. The molecule has 126 valence electrons. The highest BCUT2D eigenvalue weighted by Crippen LogP contribution is 2.37. The van der Waals surface area contributed by atoms with E-state index in [0.717, 1.165) is 0 Å². The third-order valence-electron chi connectivity index (χ3n) is 3.63. The highest BCUT2D eigenvalue weighted by Gasteiger charge is 2.32. The molecule has 2 aromatic rings. The van der Waals surface area contributed by atoms with Gasteiger partial charge in [0.25, 0.3) is 0 Å². The Kier molecular flexibility index (Phi) is 4.45. The molecule has 9 heteroatoms. The predicted octanol–water partition coefficient (Wildman–Crippen LogP) is 2.65. The van der Waals surface area contributed by atoms with E-state index in [1.54, 1.807) is 18.2 Å². The SMILES string of the molecule is COc1ccc(-c2ccc(C3NC(C(=O)O)CS3)o2)cc1[N+](=O)[O-]. The van der Waals surface area contributed by atoms with Gasteiger partial charge in [-0.2, -0.15) is 0 Å². The summed E-state index contributed by atoms with van der Waals surface area (Å²) in [6.07, 6.45) is 0. The Bertz CT molecular complexity index is 790. The Morgan fingerprint density at radius 2 is 2.25 bits per heavy atom. The average molecular weight is 350 g/mol. The number of methoxy groups -OCH3 is 1. The second-order valence-corrected chi connectivity index (χ2v) is 6.25. The summed E-state index contributed by atoms with van der Waals surface area (Å²) in [7, 11) is 1.37. The quantitative estimate of drug-likeness (QED) is 0.625. The molecule has 2 heterocycles. The van der Waals surface area contributed by atoms with Crippen molar-refractivity contribution in [1.29, 1.82) is 0 Å². The molecule has 1 saturated heterocycles. The summed E-state index contributed by atoms with van der Waals surface area (Å²) in [6.45, 7) is 0. The van der Waals surface area contributed by atoms with Gasteiger partial charge in [-0.05, 0) is 24.3 Å². The van der Waals surface area contributed by atoms with Crippen LogP contribution in [-0.2, 0) is 4.79 Å². The summed E-state index contributed by atoms with van der Waals surface area (Å²) in [5.74, 6) is 0.772. The van der Waals surface area contributed by atoms with Crippen LogP contribution >= 0.6 is 11.8 Å². The van der Waals surface area contributed by atoms with Crippen LogP contribution in [0.2, 0.25) is 0 Å². The topological polar surface area (TPSA) is 115 Å². The van der Waals surface area contributed by atoms with Crippen molar-refractivity contribution in [1.82, 2.24) is 5.32 Å². The maximum absolute atomic E-state index is 11.1. The van der Waals surface area contributed by atoms with Gasteiger partial charge in [0.15, 0.2) is 5.75 Å². The van der Waals surface area contributed by atoms with E-state index < -0.39 is 16.9 Å². The molecular weight excluding hydrogens is 336 g/mol. The van der Waals surface area contributed by atoms with Crippen LogP contribution in [-0.4, -0.2) is 34.9 Å². The second-order valence-electron chi connectivity index (χ2n) is 5.12. The lowest BCUT2D eigenvalue weighted by molar-refractivity contribution is -0.385. The minimum Gasteiger partial charge on any atom is -0.490 e. The van der Waals surface area contributed by atoms with Crippen molar-refractivity contribution in [2.75, 3.05) is 12.9 Å². The molecule has 0 bridgehead atoms. The first kappa shape index (κ1) is 16.3. The number of furan rings is 1. The van der Waals surface area contributed by atoms with Crippen LogP contribution in [0.25, 0.3) is 11.3 Å². The number of benzene rings is 1. The molecule has 1 aromatic carbocycles. The molecule has 24 heavy (non-hydrogen) atoms. The Morgan fingerprint density at radius 1 is 1.46 bits per heavy atom. The maximum Gasteiger partial charge on any atom is 0.321 e. The number of nitro groups is 1. The highest BCUT2D eigenvalue weighted by atomic mass is 32.2. The first-order valence-corrected chi connectivity index (χ1v) is 8.07. The normalized spacial score (nSPS) is 20.0. The fourth-order valence-electron chi connectivity index (χ4n) is 2.41. The van der Waals surface area contributed by atoms with E-state index in [2.05, 4.69) is 5.32 Å². The van der Waals surface area contributed by atoms with E-state index in [0.29, 0.717) is 22.8 Å². The molecule has 0 radical (unpaired) electrons. The molecule has 1 aliphatic rings. The van der Waals surface area contributed by atoms with Crippen LogP contribution < -0.4 is 10.1 Å². The van der Waals surface area contributed by atoms with E-state index in [9.17, 15) is 14.9 Å². The van der Waals surface area contributed by atoms with Gasteiger partial charge in [-0.25, -0.2) is 0 Å². The summed E-state index contributed by atoms with van der Waals surface area (Å²) in [5.41, 5.74) is 0.402. The van der Waals surface area contributed by atoms with Crippen LogP contribution in [0.1, 0.15) is 11.1 Å². The lowest BCUT2D eigenvalue weighted by Crippen LogP contribution is -2.33. The number of carboxylic acids is 1. The van der Waals surface area contributed by atoms with Gasteiger partial charge in [0, 0.05) is 17.4 Å². The van der Waals surface area contributed by atoms with Gasteiger partial charge in [0.05, 0.1) is 12.0 Å². The van der Waals surface area contributed by atoms with Crippen molar-refractivity contribution in [3.8, 4) is 17.1 Å². The van der Waals surface area contributed by atoms with Crippen LogP contribution in [0.3, 0.4) is 0 Å². The minimum atomic E-state index is -0.900. The maximum atomic E-state index is 11.1. The summed E-state index contributed by atoms with van der Waals surface area (Å²) in [6, 6.07) is 7.40. The smallest absolute Gasteiger partial charge is 0.321 e. The number of ether oxygens (including phenoxy) is 1. The molecule has 0 aliphatic carbocycles. The number of aliphatic carboxylic acids is 1. The predicted molar refractivity (Wildman–Crippen MR) is 87.1 cm³/mol. The molecule has 0 amide bonds. The molecule has 0 saturated carbocycles. The summed E-state index contributed by atoms with van der Waals surface area (Å²) in [4.78, 5) is 21.6. The molecule has 1 fully saturated rings. The monoisotopic (exact) mass is 350 g/mol. The van der Waals surface area contributed by atoms with Crippen LogP contribution in [0, 0.1) is 10.1 Å². The Balaban J connectivity index is 1.85. The fraction of sp³-hybridized carbons (Fsp3) is 0.267. The Labute approximate surface area is 140 Å². The molecule has 1 aliphatic heterocycles. The van der Waals surface area contributed by atoms with E-state index in [4.69, 9.17) is 14.3 Å². The van der Waals surface area contributed by atoms with Crippen molar-refractivity contribution >= 4 is 23.4 Å². The van der Waals surface area contributed by atoms with Crippen molar-refractivity contribution in [3.05, 3.63) is 46.2 Å². The molecule has 2 N–H and O–H groups in total. The van der Waals surface area contributed by atoms with Gasteiger partial charge in [0.1, 0.15) is 22.9 Å². The van der Waals surface area contributed by atoms with Gasteiger partial charge >= 0.3 is 11.7 Å². The van der Waals surface area contributed by atoms with E-state index in [1.807, 2.05) is 0 Å². The summed E-state index contributed by atoms with van der Waals surface area (Å²) in [5, 5.41) is 22.8. The van der Waals surface area contributed by atoms with Gasteiger partial charge in [0.2, 0.25) is 0 Å². The van der Waals surface area contributed by atoms with Crippen LogP contribution in [0.4, 0.5) is 5.69 Å². The Hall–Kier alpha value is -2.52. The number of thioether (sulfide) groups is 1. The number of carbonyl (C=O) groups is 1. The average Bonchev–Trinajstić information content (AvgIpc) is 3.23. The number of rotatable bonds is 5. The van der Waals surface area contributed by atoms with Crippen molar-refractivity contribution < 1.29 is 24.0 Å². The highest BCUT2D eigenvalue weighted by molar-refractivity contribution is 7.99. The number of nitrogens with one attached hydrogen (secondary N) is 1. The van der Waals surface area contributed by atoms with Crippen LogP contribution in [0.15, 0.2) is 34.7 Å². The van der Waals surface area contributed by atoms with Gasteiger partial charge in [-0.1, -0.05) is 0 Å². The van der Waals surface area contributed by atoms with Crippen LogP contribution in [0.5, 0.6) is 5.75 Å². The molecule has 3 rings (SSSR count). The zero-order chi connectivity index (χ0) is 17.3. The van der Waals surface area contributed by atoms with E-state index in [-0.39, 0.29) is 16.8 Å². The number of carboxylic acid groups (broad SMARTS) is 1. The standard InChI is InChI=1S/C15H14N2O6S/c1-22-12-3-2-8(6-10(12)17(20)21)11-4-5-13(23-11)14-16-9(7-24-14)15(18)19/h2-6,9,14,16H,7H2,1H3,(H,18,19). The van der Waals surface area contributed by atoms with Gasteiger partial charge in [-0.15, -0.1) is 11.8 Å². The first-order chi connectivity index (χ1) is 11.5. The lowest BCUT2D eigenvalue weighted by atomic mass is 10.1. The molecule has 2 unspecified atom stereocenters. The third-order valence-corrected chi connectivity index (χ3v) is 4.85. The Morgan fingerprint density at radius 3 is 2.88 bits per heavy atom. The zero-order valence-electron chi connectivity index (χ0n) is 12.6. The minimum absolute atomic E-state index is 0.146. The molecular formula is C15H14N2O6S. The summed E-state index contributed by atoms with van der Waals surface area (Å²) >= 11 is 1.44. The molecule has 2 atom stereocenters. The lowest BCUT2D eigenvalue weighted by Gasteiger charge is -2.08. The number of nitro benzene ring substituents is 1. The van der Waals surface area contributed by atoms with Crippen molar-refractivity contribution in [2.24, 2.45) is 0 Å². The molecule has 8 nitrogen and oxygen atoms in total. The summed E-state index contributed by atoms with van der Waals surface area (Å²) < 4.78 is 10.7. The fourth-order valence-corrected chi connectivity index (χ4v) is 3.59. The molecule has 0 spiro atoms. The van der Waals surface area contributed by atoms with Crippen molar-refractivity contribution in [3.63, 3.8) is 0 Å². The van der Waals surface area contributed by atoms with E-state index >= 15 is 0 Å². The van der Waals surface area contributed by atoms with Crippen molar-refractivity contribution in [2.45, 2.75) is 11.4 Å². The number of hydrogen-bond donors (Lipinski definition) is 2. The van der Waals surface area contributed by atoms with Gasteiger partial charge < -0.3 is 14.3 Å². The van der Waals surface area contributed by atoms with E-state index in [1.165, 1.54) is 31.0 Å². The van der Waals surface area contributed by atoms with Gasteiger partial charge in [-0.3, -0.25) is 20.2 Å². The second kappa shape index (κ2) is 6.54. The third kappa shape index (κ3) is 3.08. The largest absolute Gasteiger partial charge is 0.490 e. The number of nitrogens with zero attached hydrogens (tertiary/aromatic N) is 1. The number of hydrogen-bond acceptors (Lipinski definition) is 7. The first-order valence-electron chi connectivity index (χ1n) is 7.02. The molecule has 1 aromatic heterocycles.